The molecular formula is C20H30N2O2. The van der Waals surface area contributed by atoms with Gasteiger partial charge in [-0.1, -0.05) is 35.5 Å². The van der Waals surface area contributed by atoms with Gasteiger partial charge in [-0.15, -0.1) is 0 Å². The van der Waals surface area contributed by atoms with Crippen LogP contribution in [0.1, 0.15) is 37.7 Å². The second kappa shape index (κ2) is 9.28. The smallest absolute Gasteiger partial charge is 0.0839 e. The fourth-order valence-corrected chi connectivity index (χ4v) is 4.45. The molecule has 1 unspecified atom stereocenters. The van der Waals surface area contributed by atoms with Gasteiger partial charge < -0.3 is 4.74 Å². The van der Waals surface area contributed by atoms with Crippen LogP contribution in [0, 0.1) is 16.7 Å². The number of aryl methyl sites for hydroxylation is 1. The first-order valence-electron chi connectivity index (χ1n) is 9.51. The summed E-state index contributed by atoms with van der Waals surface area (Å²) in [5, 5.41) is 3.12. The molecule has 1 saturated heterocycles. The molecule has 4 nitrogen and oxygen atoms in total. The summed E-state index contributed by atoms with van der Waals surface area (Å²) in [6.45, 7) is 4.38. The SMILES string of the molecule is O=NCC1CCC(C(CCc2ccccc2)N2CCOCC2)CC1. The number of rotatable bonds is 7. The van der Waals surface area contributed by atoms with Crippen LogP contribution in [0.3, 0.4) is 0 Å². The van der Waals surface area contributed by atoms with Crippen molar-refractivity contribution in [2.24, 2.45) is 17.0 Å². The molecule has 1 aromatic carbocycles. The lowest BCUT2D eigenvalue weighted by Crippen LogP contribution is -2.48. The Balaban J connectivity index is 1.60. The van der Waals surface area contributed by atoms with E-state index in [-0.39, 0.29) is 0 Å². The first-order valence-corrected chi connectivity index (χ1v) is 9.51. The maximum absolute atomic E-state index is 10.5. The minimum atomic E-state index is 0.513. The van der Waals surface area contributed by atoms with Crippen molar-refractivity contribution in [1.29, 1.82) is 0 Å². The third-order valence-corrected chi connectivity index (χ3v) is 5.85. The van der Waals surface area contributed by atoms with Crippen molar-refractivity contribution < 1.29 is 4.74 Å². The molecule has 1 heterocycles. The van der Waals surface area contributed by atoms with E-state index in [4.69, 9.17) is 4.74 Å². The van der Waals surface area contributed by atoms with Crippen LogP contribution in [0.2, 0.25) is 0 Å². The summed E-state index contributed by atoms with van der Waals surface area (Å²) in [5.41, 5.74) is 1.44. The summed E-state index contributed by atoms with van der Waals surface area (Å²) >= 11 is 0. The van der Waals surface area contributed by atoms with Crippen molar-refractivity contribution in [3.05, 3.63) is 40.8 Å². The minimum Gasteiger partial charge on any atom is -0.379 e. The molecule has 0 aromatic heterocycles. The maximum atomic E-state index is 10.5. The lowest BCUT2D eigenvalue weighted by Gasteiger charge is -2.41. The number of nitrogens with zero attached hydrogens (tertiary/aromatic N) is 2. The third-order valence-electron chi connectivity index (χ3n) is 5.85. The van der Waals surface area contributed by atoms with Crippen molar-refractivity contribution in [3.8, 4) is 0 Å². The Kier molecular flexibility index (Phi) is 6.79. The van der Waals surface area contributed by atoms with Gasteiger partial charge in [-0.05, 0) is 55.9 Å². The van der Waals surface area contributed by atoms with Crippen LogP contribution in [0.5, 0.6) is 0 Å². The molecule has 4 heteroatoms. The Hall–Kier alpha value is -1.26. The highest BCUT2D eigenvalue weighted by molar-refractivity contribution is 5.15. The molecule has 0 spiro atoms. The largest absolute Gasteiger partial charge is 0.379 e. The van der Waals surface area contributed by atoms with E-state index in [0.29, 0.717) is 18.5 Å². The molecule has 132 valence electrons. The number of benzene rings is 1. The van der Waals surface area contributed by atoms with Gasteiger partial charge in [0.2, 0.25) is 0 Å². The molecule has 1 saturated carbocycles. The maximum Gasteiger partial charge on any atom is 0.0839 e. The molecule has 2 fully saturated rings. The molecule has 1 atom stereocenters. The zero-order valence-corrected chi connectivity index (χ0v) is 14.6. The first kappa shape index (κ1) is 17.6. The summed E-state index contributed by atoms with van der Waals surface area (Å²) in [4.78, 5) is 13.2. The molecule has 0 radical (unpaired) electrons. The van der Waals surface area contributed by atoms with Crippen LogP contribution in [0.15, 0.2) is 35.5 Å². The number of morpholine rings is 1. The highest BCUT2D eigenvalue weighted by atomic mass is 16.5. The number of hydrogen-bond acceptors (Lipinski definition) is 4. The zero-order valence-electron chi connectivity index (χ0n) is 14.6. The van der Waals surface area contributed by atoms with Crippen LogP contribution in [-0.4, -0.2) is 43.8 Å². The fourth-order valence-electron chi connectivity index (χ4n) is 4.45. The molecule has 0 amide bonds. The van der Waals surface area contributed by atoms with E-state index in [0.717, 1.165) is 38.6 Å². The van der Waals surface area contributed by atoms with Crippen LogP contribution < -0.4 is 0 Å². The minimum absolute atomic E-state index is 0.513. The van der Waals surface area contributed by atoms with E-state index >= 15 is 0 Å². The van der Waals surface area contributed by atoms with Gasteiger partial charge in [0.1, 0.15) is 0 Å². The first-order chi connectivity index (χ1) is 11.9. The molecule has 3 rings (SSSR count). The number of hydrogen-bond donors (Lipinski definition) is 0. The van der Waals surface area contributed by atoms with Gasteiger partial charge in [0.05, 0.1) is 19.8 Å². The summed E-state index contributed by atoms with van der Waals surface area (Å²) in [5.74, 6) is 1.29. The molecule has 2 aliphatic rings. The normalized spacial score (nSPS) is 26.8. The van der Waals surface area contributed by atoms with Crippen molar-refractivity contribution in [3.63, 3.8) is 0 Å². The average Bonchev–Trinajstić information content (AvgIpc) is 2.65. The van der Waals surface area contributed by atoms with Gasteiger partial charge in [0, 0.05) is 19.1 Å². The van der Waals surface area contributed by atoms with Gasteiger partial charge in [0.15, 0.2) is 0 Å². The number of nitroso groups, excluding NO2 is 1. The van der Waals surface area contributed by atoms with Crippen LogP contribution in [-0.2, 0) is 11.2 Å². The predicted octanol–water partition coefficient (Wildman–Crippen LogP) is 3.89. The van der Waals surface area contributed by atoms with Crippen LogP contribution in [0.25, 0.3) is 0 Å². The highest BCUT2D eigenvalue weighted by Crippen LogP contribution is 2.34. The summed E-state index contributed by atoms with van der Waals surface area (Å²) in [7, 11) is 0. The van der Waals surface area contributed by atoms with E-state index in [1.807, 2.05) is 0 Å². The Morgan fingerprint density at radius 3 is 2.46 bits per heavy atom. The average molecular weight is 330 g/mol. The Morgan fingerprint density at radius 2 is 1.79 bits per heavy atom. The lowest BCUT2D eigenvalue weighted by molar-refractivity contribution is -0.00647. The Bertz CT molecular complexity index is 480. The molecule has 1 aliphatic carbocycles. The second-order valence-electron chi connectivity index (χ2n) is 7.33. The summed E-state index contributed by atoms with van der Waals surface area (Å²) < 4.78 is 5.56. The van der Waals surface area contributed by atoms with Gasteiger partial charge in [-0.3, -0.25) is 4.90 Å². The van der Waals surface area contributed by atoms with Gasteiger partial charge in [-0.25, -0.2) is 0 Å². The zero-order chi connectivity index (χ0) is 16.6. The lowest BCUT2D eigenvalue weighted by atomic mass is 9.76. The summed E-state index contributed by atoms with van der Waals surface area (Å²) in [6, 6.07) is 11.5. The Labute approximate surface area is 145 Å². The van der Waals surface area contributed by atoms with Crippen LogP contribution in [0.4, 0.5) is 0 Å². The van der Waals surface area contributed by atoms with E-state index < -0.39 is 0 Å². The molecule has 1 aliphatic heterocycles. The van der Waals surface area contributed by atoms with Gasteiger partial charge in [-0.2, -0.15) is 4.91 Å². The van der Waals surface area contributed by atoms with E-state index in [1.165, 1.54) is 37.7 Å². The van der Waals surface area contributed by atoms with Crippen LogP contribution >= 0.6 is 0 Å². The topological polar surface area (TPSA) is 41.9 Å². The monoisotopic (exact) mass is 330 g/mol. The van der Waals surface area contributed by atoms with E-state index in [2.05, 4.69) is 40.4 Å². The quantitative estimate of drug-likeness (QED) is 0.712. The fraction of sp³-hybridized carbons (Fsp3) is 0.700. The molecule has 1 aromatic rings. The third kappa shape index (κ3) is 4.87. The second-order valence-corrected chi connectivity index (χ2v) is 7.33. The summed E-state index contributed by atoms with van der Waals surface area (Å²) in [6.07, 6.45) is 7.21. The van der Waals surface area contributed by atoms with Crippen molar-refractivity contribution in [2.45, 2.75) is 44.6 Å². The molecule has 0 bridgehead atoms. The molecule has 0 N–H and O–H groups in total. The van der Waals surface area contributed by atoms with Gasteiger partial charge >= 0.3 is 0 Å². The number of ether oxygens (including phenoxy) is 1. The van der Waals surface area contributed by atoms with Crippen molar-refractivity contribution in [2.75, 3.05) is 32.8 Å². The molecular weight excluding hydrogens is 300 g/mol. The van der Waals surface area contributed by atoms with E-state index in [1.54, 1.807) is 0 Å². The standard InChI is InChI=1S/C20H30N2O2/c23-21-16-18-6-9-19(10-7-18)20(22-12-14-24-15-13-22)11-8-17-4-2-1-3-5-17/h1-5,18-20H,6-16H2. The highest BCUT2D eigenvalue weighted by Gasteiger charge is 2.31. The predicted molar refractivity (Wildman–Crippen MR) is 97.1 cm³/mol. The van der Waals surface area contributed by atoms with E-state index in [9.17, 15) is 4.91 Å². The Morgan fingerprint density at radius 1 is 1.08 bits per heavy atom. The molecule has 24 heavy (non-hydrogen) atoms. The van der Waals surface area contributed by atoms with Crippen molar-refractivity contribution >= 4 is 0 Å². The van der Waals surface area contributed by atoms with Crippen molar-refractivity contribution in [1.82, 2.24) is 4.90 Å². The van der Waals surface area contributed by atoms with Gasteiger partial charge in [0.25, 0.3) is 0 Å².